The van der Waals surface area contributed by atoms with E-state index >= 15 is 0 Å². The zero-order valence-corrected chi connectivity index (χ0v) is 11.2. The first-order chi connectivity index (χ1) is 9.75. The summed E-state index contributed by atoms with van der Waals surface area (Å²) in [6.45, 7) is 0.152. The molecular formula is C14H10N2O3S. The summed E-state index contributed by atoms with van der Waals surface area (Å²) >= 11 is 1.52. The molecule has 20 heavy (non-hydrogen) atoms. The minimum absolute atomic E-state index is 0.0658. The summed E-state index contributed by atoms with van der Waals surface area (Å²) in [6.07, 6.45) is 2.83. The van der Waals surface area contributed by atoms with Crippen molar-refractivity contribution >= 4 is 23.0 Å². The van der Waals surface area contributed by atoms with Crippen molar-refractivity contribution in [3.8, 4) is 0 Å². The van der Waals surface area contributed by atoms with Gasteiger partial charge in [-0.1, -0.05) is 6.07 Å². The highest BCUT2D eigenvalue weighted by Crippen LogP contribution is 2.08. The number of fused-ring (bicyclic) bond motifs is 1. The zero-order chi connectivity index (χ0) is 13.9. The molecule has 0 spiro atoms. The number of esters is 1. The maximum Gasteiger partial charge on any atom is 0.345 e. The van der Waals surface area contributed by atoms with Gasteiger partial charge in [0.15, 0.2) is 0 Å². The molecule has 3 rings (SSSR count). The second kappa shape index (κ2) is 5.26. The summed E-state index contributed by atoms with van der Waals surface area (Å²) in [5.74, 6) is -0.660. The van der Waals surface area contributed by atoms with Gasteiger partial charge in [-0.25, -0.2) is 9.78 Å². The summed E-state index contributed by atoms with van der Waals surface area (Å²) < 4.78 is 6.44. The number of carbonyl (C=O) groups is 1. The Morgan fingerprint density at radius 3 is 3.05 bits per heavy atom. The third-order valence-electron chi connectivity index (χ3n) is 2.78. The highest BCUT2D eigenvalue weighted by atomic mass is 32.1. The van der Waals surface area contributed by atoms with Crippen molar-refractivity contribution in [1.82, 2.24) is 9.38 Å². The van der Waals surface area contributed by atoms with Gasteiger partial charge in [-0.15, -0.1) is 0 Å². The van der Waals surface area contributed by atoms with Gasteiger partial charge in [0.1, 0.15) is 17.8 Å². The fourth-order valence-corrected chi connectivity index (χ4v) is 2.42. The van der Waals surface area contributed by atoms with E-state index in [1.165, 1.54) is 21.9 Å². The minimum atomic E-state index is -0.660. The molecule has 0 aromatic carbocycles. The first-order valence-electron chi connectivity index (χ1n) is 5.90. The van der Waals surface area contributed by atoms with E-state index in [2.05, 4.69) is 4.98 Å². The van der Waals surface area contributed by atoms with Gasteiger partial charge in [-0.2, -0.15) is 11.3 Å². The predicted molar refractivity (Wildman–Crippen MR) is 74.9 cm³/mol. The Balaban J connectivity index is 1.88. The molecule has 0 atom stereocenters. The van der Waals surface area contributed by atoms with Crippen molar-refractivity contribution in [2.45, 2.75) is 6.61 Å². The second-order valence-corrected chi connectivity index (χ2v) is 4.89. The average Bonchev–Trinajstić information content (AvgIpc) is 2.99. The molecule has 0 aliphatic rings. The summed E-state index contributed by atoms with van der Waals surface area (Å²) in [4.78, 5) is 28.2. The molecule has 0 saturated carbocycles. The van der Waals surface area contributed by atoms with E-state index in [1.54, 1.807) is 24.4 Å². The minimum Gasteiger partial charge on any atom is -0.457 e. The van der Waals surface area contributed by atoms with Crippen LogP contribution in [0.2, 0.25) is 0 Å². The van der Waals surface area contributed by atoms with Crippen LogP contribution in [0.15, 0.2) is 52.2 Å². The molecule has 0 amide bonds. The second-order valence-electron chi connectivity index (χ2n) is 4.11. The van der Waals surface area contributed by atoms with E-state index < -0.39 is 11.5 Å². The lowest BCUT2D eigenvalue weighted by atomic mass is 10.3. The van der Waals surface area contributed by atoms with E-state index in [1.807, 2.05) is 16.8 Å². The van der Waals surface area contributed by atoms with Gasteiger partial charge in [0.25, 0.3) is 5.56 Å². The molecule has 6 heteroatoms. The smallest absolute Gasteiger partial charge is 0.345 e. The Morgan fingerprint density at radius 1 is 1.35 bits per heavy atom. The van der Waals surface area contributed by atoms with Gasteiger partial charge < -0.3 is 4.74 Å². The molecule has 0 aliphatic carbocycles. The Labute approximate surface area is 118 Å². The maximum absolute atomic E-state index is 12.2. The normalized spacial score (nSPS) is 10.6. The molecule has 0 N–H and O–H groups in total. The van der Waals surface area contributed by atoms with Crippen molar-refractivity contribution in [2.24, 2.45) is 0 Å². The lowest BCUT2D eigenvalue weighted by molar-refractivity contribution is 0.0470. The van der Waals surface area contributed by atoms with Crippen molar-refractivity contribution in [3.05, 3.63) is 68.9 Å². The van der Waals surface area contributed by atoms with E-state index in [4.69, 9.17) is 4.74 Å². The van der Waals surface area contributed by atoms with Gasteiger partial charge in [-0.3, -0.25) is 9.20 Å². The van der Waals surface area contributed by atoms with Crippen LogP contribution < -0.4 is 5.56 Å². The number of ether oxygens (including phenoxy) is 1. The van der Waals surface area contributed by atoms with Crippen LogP contribution in [0.1, 0.15) is 15.9 Å². The maximum atomic E-state index is 12.2. The standard InChI is InChI=1S/C14H10N2O3S/c17-13-11(7-15-12-3-1-2-5-16(12)13)14(18)19-8-10-4-6-20-9-10/h1-7,9H,8H2. The first-order valence-corrected chi connectivity index (χ1v) is 6.84. The predicted octanol–water partition coefficient (Wildman–Crippen LogP) is 2.11. The Kier molecular flexibility index (Phi) is 3.30. The van der Waals surface area contributed by atoms with Crippen LogP contribution >= 0.6 is 11.3 Å². The molecule has 3 aromatic rings. The quantitative estimate of drug-likeness (QED) is 0.692. The number of rotatable bonds is 3. The summed E-state index contributed by atoms with van der Waals surface area (Å²) in [7, 11) is 0. The van der Waals surface area contributed by atoms with Crippen LogP contribution in [0.25, 0.3) is 5.65 Å². The SMILES string of the molecule is O=C(OCc1ccsc1)c1cnc2ccccn2c1=O. The molecule has 3 heterocycles. The number of hydrogen-bond acceptors (Lipinski definition) is 5. The number of aromatic nitrogens is 2. The summed E-state index contributed by atoms with van der Waals surface area (Å²) in [5.41, 5.74) is 0.902. The third kappa shape index (κ3) is 2.33. The van der Waals surface area contributed by atoms with Crippen LogP contribution in [0, 0.1) is 0 Å². The Bertz CT molecular complexity index is 809. The molecule has 3 aromatic heterocycles. The fraction of sp³-hybridized carbons (Fsp3) is 0.0714. The van der Waals surface area contributed by atoms with Crippen LogP contribution in [0.4, 0.5) is 0 Å². The monoisotopic (exact) mass is 286 g/mol. The summed E-state index contributed by atoms with van der Waals surface area (Å²) in [6, 6.07) is 7.04. The van der Waals surface area contributed by atoms with Crippen LogP contribution in [0.3, 0.4) is 0 Å². The molecule has 0 saturated heterocycles. The van der Waals surface area contributed by atoms with Gasteiger partial charge in [0.2, 0.25) is 0 Å². The van der Waals surface area contributed by atoms with Crippen LogP contribution in [-0.4, -0.2) is 15.4 Å². The van der Waals surface area contributed by atoms with E-state index in [-0.39, 0.29) is 12.2 Å². The van der Waals surface area contributed by atoms with Gasteiger partial charge in [0.05, 0.1) is 0 Å². The zero-order valence-electron chi connectivity index (χ0n) is 10.4. The topological polar surface area (TPSA) is 60.7 Å². The molecule has 5 nitrogen and oxygen atoms in total. The van der Waals surface area contributed by atoms with Crippen molar-refractivity contribution in [3.63, 3.8) is 0 Å². The van der Waals surface area contributed by atoms with E-state index in [0.29, 0.717) is 5.65 Å². The molecule has 100 valence electrons. The largest absolute Gasteiger partial charge is 0.457 e. The van der Waals surface area contributed by atoms with Crippen molar-refractivity contribution < 1.29 is 9.53 Å². The van der Waals surface area contributed by atoms with Gasteiger partial charge in [0, 0.05) is 18.0 Å². The summed E-state index contributed by atoms with van der Waals surface area (Å²) in [5, 5.41) is 3.79. The lowest BCUT2D eigenvalue weighted by Crippen LogP contribution is -2.24. The number of thiophene rings is 1. The van der Waals surface area contributed by atoms with E-state index in [9.17, 15) is 9.59 Å². The highest BCUT2D eigenvalue weighted by Gasteiger charge is 2.14. The van der Waals surface area contributed by atoms with Crippen LogP contribution in [-0.2, 0) is 11.3 Å². The molecule has 0 unspecified atom stereocenters. The van der Waals surface area contributed by atoms with Crippen molar-refractivity contribution in [2.75, 3.05) is 0 Å². The molecular weight excluding hydrogens is 276 g/mol. The Morgan fingerprint density at radius 2 is 2.25 bits per heavy atom. The van der Waals surface area contributed by atoms with Gasteiger partial charge >= 0.3 is 5.97 Å². The number of hydrogen-bond donors (Lipinski definition) is 0. The lowest BCUT2D eigenvalue weighted by Gasteiger charge is -2.04. The van der Waals surface area contributed by atoms with Crippen molar-refractivity contribution in [1.29, 1.82) is 0 Å². The average molecular weight is 286 g/mol. The first kappa shape index (κ1) is 12.6. The molecule has 0 aliphatic heterocycles. The third-order valence-corrected chi connectivity index (χ3v) is 3.52. The number of pyridine rings is 1. The Hall–Kier alpha value is -2.47. The number of carbonyl (C=O) groups excluding carboxylic acids is 1. The highest BCUT2D eigenvalue weighted by molar-refractivity contribution is 7.07. The molecule has 0 fully saturated rings. The number of nitrogens with zero attached hydrogens (tertiary/aromatic N) is 2. The molecule has 0 radical (unpaired) electrons. The molecule has 0 bridgehead atoms. The van der Waals surface area contributed by atoms with Crippen LogP contribution in [0.5, 0.6) is 0 Å². The fourth-order valence-electron chi connectivity index (χ4n) is 1.77. The van der Waals surface area contributed by atoms with E-state index in [0.717, 1.165) is 5.56 Å². The van der Waals surface area contributed by atoms with Gasteiger partial charge in [-0.05, 0) is 29.0 Å².